The number of pyridine rings is 1. The molecule has 1 saturated carbocycles. The zero-order valence-electron chi connectivity index (χ0n) is 9.38. The minimum absolute atomic E-state index is 0.136. The maximum Gasteiger partial charge on any atom is 0.252 e. The van der Waals surface area contributed by atoms with E-state index in [0.717, 1.165) is 6.54 Å². The van der Waals surface area contributed by atoms with Crippen LogP contribution in [-0.4, -0.2) is 17.4 Å². The molecule has 0 saturated heterocycles. The third-order valence-corrected chi connectivity index (χ3v) is 3.77. The van der Waals surface area contributed by atoms with E-state index in [1.54, 1.807) is 6.07 Å². The fourth-order valence-corrected chi connectivity index (χ4v) is 2.37. The molecule has 2 rings (SSSR count). The molecule has 5 heteroatoms. The van der Waals surface area contributed by atoms with Gasteiger partial charge in [0.2, 0.25) is 0 Å². The number of carbonyl (C=O) groups is 1. The second kappa shape index (κ2) is 5.69. The highest BCUT2D eigenvalue weighted by Crippen LogP contribution is 2.24. The number of hydrogen-bond donors (Lipinski definition) is 1. The van der Waals surface area contributed by atoms with E-state index in [1.165, 1.54) is 31.9 Å². The SMILES string of the molecule is O=C(NCC1CCCC1)c1cnc(Cl)c(Cl)c1. The van der Waals surface area contributed by atoms with Gasteiger partial charge in [-0.25, -0.2) is 4.98 Å². The highest BCUT2D eigenvalue weighted by Gasteiger charge is 2.16. The van der Waals surface area contributed by atoms with Crippen LogP contribution in [-0.2, 0) is 0 Å². The second-order valence-electron chi connectivity index (χ2n) is 4.36. The van der Waals surface area contributed by atoms with E-state index in [-0.39, 0.29) is 11.1 Å². The first-order chi connectivity index (χ1) is 8.16. The van der Waals surface area contributed by atoms with Crippen molar-refractivity contribution in [3.05, 3.63) is 28.0 Å². The normalized spacial score (nSPS) is 16.1. The maximum atomic E-state index is 11.8. The predicted molar refractivity (Wildman–Crippen MR) is 68.5 cm³/mol. The van der Waals surface area contributed by atoms with Gasteiger partial charge in [0.25, 0.3) is 5.91 Å². The minimum Gasteiger partial charge on any atom is -0.352 e. The molecule has 0 aliphatic heterocycles. The fourth-order valence-electron chi connectivity index (χ4n) is 2.10. The van der Waals surface area contributed by atoms with Crippen LogP contribution in [0.25, 0.3) is 0 Å². The molecule has 1 heterocycles. The molecule has 1 aromatic rings. The number of hydrogen-bond acceptors (Lipinski definition) is 2. The highest BCUT2D eigenvalue weighted by atomic mass is 35.5. The Kier molecular flexibility index (Phi) is 4.24. The van der Waals surface area contributed by atoms with Gasteiger partial charge < -0.3 is 5.32 Å². The molecule has 0 spiro atoms. The molecule has 1 aliphatic rings. The van der Waals surface area contributed by atoms with Crippen molar-refractivity contribution < 1.29 is 4.79 Å². The molecule has 1 amide bonds. The lowest BCUT2D eigenvalue weighted by Crippen LogP contribution is -2.28. The maximum absolute atomic E-state index is 11.8. The van der Waals surface area contributed by atoms with E-state index >= 15 is 0 Å². The van der Waals surface area contributed by atoms with Gasteiger partial charge in [-0.15, -0.1) is 0 Å². The summed E-state index contributed by atoms with van der Waals surface area (Å²) in [6.45, 7) is 0.735. The van der Waals surface area contributed by atoms with Crippen LogP contribution in [0.4, 0.5) is 0 Å². The van der Waals surface area contributed by atoms with Gasteiger partial charge >= 0.3 is 0 Å². The molecule has 1 aliphatic carbocycles. The predicted octanol–water partition coefficient (Wildman–Crippen LogP) is 3.31. The van der Waals surface area contributed by atoms with Gasteiger partial charge in [-0.3, -0.25) is 4.79 Å². The number of rotatable bonds is 3. The molecule has 1 aromatic heterocycles. The number of carbonyl (C=O) groups excluding carboxylic acids is 1. The van der Waals surface area contributed by atoms with Crippen LogP contribution in [0.3, 0.4) is 0 Å². The van der Waals surface area contributed by atoms with Crippen molar-refractivity contribution in [2.75, 3.05) is 6.54 Å². The molecule has 0 atom stereocenters. The smallest absolute Gasteiger partial charge is 0.252 e. The van der Waals surface area contributed by atoms with Crippen LogP contribution in [0.15, 0.2) is 12.3 Å². The third-order valence-electron chi connectivity index (χ3n) is 3.08. The van der Waals surface area contributed by atoms with Gasteiger partial charge in [0, 0.05) is 12.7 Å². The van der Waals surface area contributed by atoms with Gasteiger partial charge in [-0.2, -0.15) is 0 Å². The number of amides is 1. The molecule has 0 aromatic carbocycles. The second-order valence-corrected chi connectivity index (χ2v) is 5.12. The lowest BCUT2D eigenvalue weighted by molar-refractivity contribution is 0.0947. The standard InChI is InChI=1S/C12H14Cl2N2O/c13-10-5-9(7-15-11(10)14)12(17)16-6-8-3-1-2-4-8/h5,7-8H,1-4,6H2,(H,16,17). The van der Waals surface area contributed by atoms with Crippen LogP contribution in [0.5, 0.6) is 0 Å². The van der Waals surface area contributed by atoms with Crippen LogP contribution in [0, 0.1) is 5.92 Å². The van der Waals surface area contributed by atoms with Crippen molar-refractivity contribution in [3.63, 3.8) is 0 Å². The molecular formula is C12H14Cl2N2O. The molecule has 17 heavy (non-hydrogen) atoms. The topological polar surface area (TPSA) is 42.0 Å². The number of nitrogens with zero attached hydrogens (tertiary/aromatic N) is 1. The summed E-state index contributed by atoms with van der Waals surface area (Å²) in [4.78, 5) is 15.7. The number of halogens is 2. The van der Waals surface area contributed by atoms with Gasteiger partial charge in [-0.05, 0) is 24.8 Å². The Morgan fingerprint density at radius 1 is 1.41 bits per heavy atom. The van der Waals surface area contributed by atoms with Gasteiger partial charge in [0.05, 0.1) is 10.6 Å². The Morgan fingerprint density at radius 2 is 2.12 bits per heavy atom. The average Bonchev–Trinajstić information content (AvgIpc) is 2.82. The number of aromatic nitrogens is 1. The van der Waals surface area contributed by atoms with E-state index in [9.17, 15) is 4.79 Å². The summed E-state index contributed by atoms with van der Waals surface area (Å²) in [6, 6.07) is 1.54. The minimum atomic E-state index is -0.136. The van der Waals surface area contributed by atoms with Crippen LogP contribution < -0.4 is 5.32 Å². The summed E-state index contributed by atoms with van der Waals surface area (Å²) in [5, 5.41) is 3.43. The average molecular weight is 273 g/mol. The van der Waals surface area contributed by atoms with E-state index < -0.39 is 0 Å². The Hall–Kier alpha value is -0.800. The monoisotopic (exact) mass is 272 g/mol. The third kappa shape index (κ3) is 3.33. The van der Waals surface area contributed by atoms with Crippen molar-refractivity contribution in [1.29, 1.82) is 0 Å². The van der Waals surface area contributed by atoms with Crippen molar-refractivity contribution in [2.45, 2.75) is 25.7 Å². The van der Waals surface area contributed by atoms with E-state index in [0.29, 0.717) is 16.5 Å². The summed E-state index contributed by atoms with van der Waals surface area (Å²) in [5.41, 5.74) is 0.456. The first kappa shape index (κ1) is 12.7. The van der Waals surface area contributed by atoms with Gasteiger partial charge in [0.1, 0.15) is 5.15 Å². The first-order valence-corrected chi connectivity index (χ1v) is 6.51. The number of nitrogens with one attached hydrogen (secondary N) is 1. The fraction of sp³-hybridized carbons (Fsp3) is 0.500. The molecule has 3 nitrogen and oxygen atoms in total. The van der Waals surface area contributed by atoms with Gasteiger partial charge in [-0.1, -0.05) is 36.0 Å². The molecular weight excluding hydrogens is 259 g/mol. The van der Waals surface area contributed by atoms with Crippen molar-refractivity contribution in [2.24, 2.45) is 5.92 Å². The molecule has 92 valence electrons. The van der Waals surface area contributed by atoms with Gasteiger partial charge in [0.15, 0.2) is 0 Å². The van der Waals surface area contributed by atoms with Crippen LogP contribution in [0.1, 0.15) is 36.0 Å². The summed E-state index contributed by atoms with van der Waals surface area (Å²) in [5.74, 6) is 0.484. The zero-order valence-corrected chi connectivity index (χ0v) is 10.9. The quantitative estimate of drug-likeness (QED) is 0.858. The summed E-state index contributed by atoms with van der Waals surface area (Å²) in [6.07, 6.45) is 6.40. The highest BCUT2D eigenvalue weighted by molar-refractivity contribution is 6.41. The molecule has 1 fully saturated rings. The molecule has 0 bridgehead atoms. The van der Waals surface area contributed by atoms with Crippen LogP contribution in [0.2, 0.25) is 10.2 Å². The Bertz CT molecular complexity index is 417. The van der Waals surface area contributed by atoms with Crippen molar-refractivity contribution in [3.8, 4) is 0 Å². The lowest BCUT2D eigenvalue weighted by atomic mass is 10.1. The lowest BCUT2D eigenvalue weighted by Gasteiger charge is -2.10. The Labute approximate surface area is 111 Å². The molecule has 0 radical (unpaired) electrons. The summed E-state index contributed by atoms with van der Waals surface area (Å²) >= 11 is 11.5. The van der Waals surface area contributed by atoms with Crippen molar-refractivity contribution >= 4 is 29.1 Å². The zero-order chi connectivity index (χ0) is 12.3. The van der Waals surface area contributed by atoms with E-state index in [4.69, 9.17) is 23.2 Å². The Balaban J connectivity index is 1.92. The van der Waals surface area contributed by atoms with E-state index in [2.05, 4.69) is 10.3 Å². The molecule has 1 N–H and O–H groups in total. The van der Waals surface area contributed by atoms with E-state index in [1.807, 2.05) is 0 Å². The largest absolute Gasteiger partial charge is 0.352 e. The molecule has 0 unspecified atom stereocenters. The first-order valence-electron chi connectivity index (χ1n) is 5.76. The van der Waals surface area contributed by atoms with Crippen molar-refractivity contribution in [1.82, 2.24) is 10.3 Å². The Morgan fingerprint density at radius 3 is 2.76 bits per heavy atom. The van der Waals surface area contributed by atoms with Crippen LogP contribution >= 0.6 is 23.2 Å². The summed E-state index contributed by atoms with van der Waals surface area (Å²) in [7, 11) is 0. The summed E-state index contributed by atoms with van der Waals surface area (Å²) < 4.78 is 0.